The van der Waals surface area contributed by atoms with Gasteiger partial charge in [0.1, 0.15) is 5.75 Å². The second kappa shape index (κ2) is 8.33. The predicted molar refractivity (Wildman–Crippen MR) is 82.7 cm³/mol. The zero-order chi connectivity index (χ0) is 16.8. The van der Waals surface area contributed by atoms with Crippen molar-refractivity contribution in [2.45, 2.75) is 17.9 Å². The molecule has 0 saturated heterocycles. The fourth-order valence-electron chi connectivity index (χ4n) is 1.60. The van der Waals surface area contributed by atoms with E-state index in [4.69, 9.17) is 21.1 Å². The number of halogens is 1. The fraction of sp³-hybridized carbons (Fsp3) is 0.462. The van der Waals surface area contributed by atoms with Crippen molar-refractivity contribution in [2.75, 3.05) is 27.4 Å². The Labute approximate surface area is 135 Å². The number of methoxy groups -OCH3 is 2. The van der Waals surface area contributed by atoms with Crippen LogP contribution in [0.25, 0.3) is 0 Å². The van der Waals surface area contributed by atoms with E-state index in [2.05, 4.69) is 10.0 Å². The molecule has 0 unspecified atom stereocenters. The van der Waals surface area contributed by atoms with Gasteiger partial charge in [-0.1, -0.05) is 11.6 Å². The normalized spacial score (nSPS) is 12.7. The van der Waals surface area contributed by atoms with E-state index in [1.54, 1.807) is 0 Å². The minimum Gasteiger partial charge on any atom is -0.495 e. The molecule has 1 aromatic carbocycles. The summed E-state index contributed by atoms with van der Waals surface area (Å²) in [6, 6.07) is 3.13. The molecule has 1 rings (SSSR count). The van der Waals surface area contributed by atoms with Crippen LogP contribution in [0.15, 0.2) is 23.1 Å². The molecule has 1 atom stereocenters. The van der Waals surface area contributed by atoms with Crippen LogP contribution >= 0.6 is 11.6 Å². The lowest BCUT2D eigenvalue weighted by Gasteiger charge is -2.15. The Morgan fingerprint density at radius 3 is 2.59 bits per heavy atom. The molecule has 2 N–H and O–H groups in total. The first-order chi connectivity index (χ1) is 10.3. The average Bonchev–Trinajstić information content (AvgIpc) is 2.46. The van der Waals surface area contributed by atoms with Crippen molar-refractivity contribution in [3.8, 4) is 5.75 Å². The largest absolute Gasteiger partial charge is 0.495 e. The highest BCUT2D eigenvalue weighted by Gasteiger charge is 2.22. The zero-order valence-electron chi connectivity index (χ0n) is 12.6. The van der Waals surface area contributed by atoms with E-state index in [-0.39, 0.29) is 9.92 Å². The molecule has 124 valence electrons. The van der Waals surface area contributed by atoms with Gasteiger partial charge in [-0.25, -0.2) is 8.42 Å². The summed E-state index contributed by atoms with van der Waals surface area (Å²) in [6.07, 6.45) is 0. The van der Waals surface area contributed by atoms with Gasteiger partial charge in [0.05, 0.1) is 29.7 Å². The van der Waals surface area contributed by atoms with Gasteiger partial charge >= 0.3 is 0 Å². The summed E-state index contributed by atoms with van der Waals surface area (Å²) in [5, 5.41) is 2.72. The zero-order valence-corrected chi connectivity index (χ0v) is 14.1. The minimum absolute atomic E-state index is 0.0464. The predicted octanol–water partition coefficient (Wildman–Crippen LogP) is 0.778. The SMILES string of the molecule is COCCNC(=O)[C@H](C)NS(=O)(=O)c1ccc(OC)c(Cl)c1. The molecule has 0 aliphatic carbocycles. The first-order valence-electron chi connectivity index (χ1n) is 6.44. The van der Waals surface area contributed by atoms with Gasteiger partial charge in [-0.15, -0.1) is 0 Å². The number of nitrogens with one attached hydrogen (secondary N) is 2. The highest BCUT2D eigenvalue weighted by Crippen LogP contribution is 2.26. The summed E-state index contributed by atoms with van der Waals surface area (Å²) in [6.45, 7) is 2.10. The van der Waals surface area contributed by atoms with Gasteiger partial charge in [-0.2, -0.15) is 4.72 Å². The van der Waals surface area contributed by atoms with Gasteiger partial charge in [0, 0.05) is 13.7 Å². The Morgan fingerprint density at radius 2 is 2.05 bits per heavy atom. The molecule has 7 nitrogen and oxygen atoms in total. The van der Waals surface area contributed by atoms with Gasteiger partial charge in [0.25, 0.3) is 0 Å². The van der Waals surface area contributed by atoms with Gasteiger partial charge in [0.2, 0.25) is 15.9 Å². The highest BCUT2D eigenvalue weighted by molar-refractivity contribution is 7.89. The van der Waals surface area contributed by atoms with E-state index in [9.17, 15) is 13.2 Å². The van der Waals surface area contributed by atoms with Crippen LogP contribution in [-0.2, 0) is 19.6 Å². The fourth-order valence-corrected chi connectivity index (χ4v) is 3.15. The summed E-state index contributed by atoms with van der Waals surface area (Å²) in [4.78, 5) is 11.7. The van der Waals surface area contributed by atoms with Gasteiger partial charge in [-0.3, -0.25) is 4.79 Å². The molecule has 0 fully saturated rings. The lowest BCUT2D eigenvalue weighted by atomic mass is 10.3. The van der Waals surface area contributed by atoms with Crippen LogP contribution < -0.4 is 14.8 Å². The van der Waals surface area contributed by atoms with Crippen molar-refractivity contribution in [3.05, 3.63) is 23.2 Å². The Kier molecular flexibility index (Phi) is 7.08. The van der Waals surface area contributed by atoms with Crippen LogP contribution in [0.3, 0.4) is 0 Å². The van der Waals surface area contributed by atoms with Crippen molar-refractivity contribution in [1.29, 1.82) is 0 Å². The molecule has 22 heavy (non-hydrogen) atoms. The van der Waals surface area contributed by atoms with Crippen molar-refractivity contribution in [2.24, 2.45) is 0 Å². The van der Waals surface area contributed by atoms with E-state index < -0.39 is 22.0 Å². The number of sulfonamides is 1. The van der Waals surface area contributed by atoms with Crippen LogP contribution in [0.4, 0.5) is 0 Å². The van der Waals surface area contributed by atoms with E-state index in [0.29, 0.717) is 18.9 Å². The van der Waals surface area contributed by atoms with Crippen LogP contribution in [0, 0.1) is 0 Å². The number of rotatable bonds is 8. The van der Waals surface area contributed by atoms with Crippen molar-refractivity contribution in [1.82, 2.24) is 10.0 Å². The molecule has 0 saturated carbocycles. The monoisotopic (exact) mass is 350 g/mol. The van der Waals surface area contributed by atoms with E-state index in [1.165, 1.54) is 39.3 Å². The van der Waals surface area contributed by atoms with E-state index >= 15 is 0 Å². The molecule has 0 bridgehead atoms. The summed E-state index contributed by atoms with van der Waals surface area (Å²) in [5.41, 5.74) is 0. The number of hydrogen-bond acceptors (Lipinski definition) is 5. The molecule has 0 radical (unpaired) electrons. The molecule has 0 aliphatic rings. The molecule has 0 aromatic heterocycles. The summed E-state index contributed by atoms with van der Waals surface area (Å²) < 4.78 is 36.5. The third kappa shape index (κ3) is 5.13. The third-order valence-corrected chi connectivity index (χ3v) is 4.60. The third-order valence-electron chi connectivity index (χ3n) is 2.76. The van der Waals surface area contributed by atoms with Gasteiger partial charge in [0.15, 0.2) is 0 Å². The second-order valence-corrected chi connectivity index (χ2v) is 6.54. The molecule has 0 aliphatic heterocycles. The molecule has 1 aromatic rings. The molecule has 0 spiro atoms. The minimum atomic E-state index is -3.86. The average molecular weight is 351 g/mol. The van der Waals surface area contributed by atoms with E-state index in [0.717, 1.165) is 0 Å². The maximum atomic E-state index is 12.2. The smallest absolute Gasteiger partial charge is 0.241 e. The van der Waals surface area contributed by atoms with Gasteiger partial charge < -0.3 is 14.8 Å². The number of carbonyl (C=O) groups is 1. The maximum absolute atomic E-state index is 12.2. The number of ether oxygens (including phenoxy) is 2. The Bertz CT molecular complexity index is 621. The lowest BCUT2D eigenvalue weighted by Crippen LogP contribution is -2.45. The van der Waals surface area contributed by atoms with Crippen molar-refractivity contribution >= 4 is 27.5 Å². The summed E-state index contributed by atoms with van der Waals surface area (Å²) >= 11 is 5.91. The van der Waals surface area contributed by atoms with Crippen molar-refractivity contribution in [3.63, 3.8) is 0 Å². The first-order valence-corrected chi connectivity index (χ1v) is 8.30. The molecular weight excluding hydrogens is 332 g/mol. The van der Waals surface area contributed by atoms with Crippen molar-refractivity contribution < 1.29 is 22.7 Å². The molecule has 1 amide bonds. The second-order valence-electron chi connectivity index (χ2n) is 4.42. The highest BCUT2D eigenvalue weighted by atomic mass is 35.5. The molecule has 9 heteroatoms. The lowest BCUT2D eigenvalue weighted by molar-refractivity contribution is -0.122. The maximum Gasteiger partial charge on any atom is 0.241 e. The molecule has 0 heterocycles. The Hall–Kier alpha value is -1.35. The summed E-state index contributed by atoms with van der Waals surface area (Å²) in [5.74, 6) is -0.0776. The summed E-state index contributed by atoms with van der Waals surface area (Å²) in [7, 11) is -0.928. The standard InChI is InChI=1S/C13H19ClN2O5S/c1-9(13(17)15-6-7-20-2)16-22(18,19)10-4-5-12(21-3)11(14)8-10/h4-5,8-9,16H,6-7H2,1-3H3,(H,15,17)/t9-/m0/s1. The number of amides is 1. The van der Waals surface area contributed by atoms with Crippen LogP contribution in [-0.4, -0.2) is 47.7 Å². The number of carbonyl (C=O) groups excluding carboxylic acids is 1. The topological polar surface area (TPSA) is 93.7 Å². The van der Waals surface area contributed by atoms with Gasteiger partial charge in [-0.05, 0) is 25.1 Å². The van der Waals surface area contributed by atoms with E-state index in [1.807, 2.05) is 0 Å². The first kappa shape index (κ1) is 18.7. The number of hydrogen-bond donors (Lipinski definition) is 2. The van der Waals surface area contributed by atoms with Crippen LogP contribution in [0.2, 0.25) is 5.02 Å². The van der Waals surface area contributed by atoms with Crippen LogP contribution in [0.1, 0.15) is 6.92 Å². The Balaban J connectivity index is 2.78. The molecular formula is C13H19ClN2O5S. The quantitative estimate of drug-likeness (QED) is 0.676. The van der Waals surface area contributed by atoms with Crippen LogP contribution in [0.5, 0.6) is 5.75 Å². The Morgan fingerprint density at radius 1 is 1.36 bits per heavy atom. The number of benzene rings is 1.